The molecule has 0 saturated carbocycles. The van der Waals surface area contributed by atoms with Gasteiger partial charge < -0.3 is 10.0 Å². The molecule has 1 fully saturated rings. The molecule has 6 nitrogen and oxygen atoms in total. The Labute approximate surface area is 238 Å². The summed E-state index contributed by atoms with van der Waals surface area (Å²) in [6.45, 7) is 15.3. The molecule has 1 amide bonds. The maximum atomic E-state index is 14.0. The lowest BCUT2D eigenvalue weighted by Crippen LogP contribution is -2.38. The van der Waals surface area contributed by atoms with Gasteiger partial charge in [-0.25, -0.2) is 4.98 Å². The molecule has 2 heterocycles. The number of aromatic nitrogens is 2. The lowest BCUT2D eigenvalue weighted by Gasteiger charge is -2.29. The van der Waals surface area contributed by atoms with Crippen molar-refractivity contribution in [3.63, 3.8) is 0 Å². The number of fused-ring (bicyclic) bond motifs is 1. The van der Waals surface area contributed by atoms with Gasteiger partial charge in [-0.1, -0.05) is 41.5 Å². The van der Waals surface area contributed by atoms with Crippen LogP contribution in [-0.4, -0.2) is 55.6 Å². The quantitative estimate of drug-likeness (QED) is 0.301. The van der Waals surface area contributed by atoms with Gasteiger partial charge in [0, 0.05) is 30.4 Å². The van der Waals surface area contributed by atoms with E-state index < -0.39 is 0 Å². The van der Waals surface area contributed by atoms with Crippen molar-refractivity contribution in [2.75, 3.05) is 13.1 Å². The summed E-state index contributed by atoms with van der Waals surface area (Å²) in [5, 5.41) is 10.1. The van der Waals surface area contributed by atoms with Gasteiger partial charge in [0.15, 0.2) is 0 Å². The van der Waals surface area contributed by atoms with Gasteiger partial charge in [0.1, 0.15) is 5.82 Å². The second-order valence-electron chi connectivity index (χ2n) is 11.9. The van der Waals surface area contributed by atoms with Crippen molar-refractivity contribution < 1.29 is 9.90 Å². The number of rotatable bonds is 7. The van der Waals surface area contributed by atoms with E-state index in [1.807, 2.05) is 18.7 Å². The van der Waals surface area contributed by atoms with Crippen LogP contribution in [0.25, 0.3) is 16.7 Å². The number of aliphatic hydroxyl groups is 1. The van der Waals surface area contributed by atoms with Crippen LogP contribution >= 0.6 is 0 Å². The van der Waals surface area contributed by atoms with Crippen molar-refractivity contribution in [3.8, 4) is 5.69 Å². The Bertz CT molecular complexity index is 1500. The maximum Gasteiger partial charge on any atom is 0.255 e. The molecule has 1 unspecified atom stereocenters. The van der Waals surface area contributed by atoms with Crippen molar-refractivity contribution in [2.45, 2.75) is 79.6 Å². The summed E-state index contributed by atoms with van der Waals surface area (Å²) in [5.41, 5.74) is 9.33. The molecule has 0 aliphatic carbocycles. The second kappa shape index (κ2) is 11.6. The van der Waals surface area contributed by atoms with E-state index in [0.717, 1.165) is 65.2 Å². The van der Waals surface area contributed by atoms with Gasteiger partial charge in [0.2, 0.25) is 0 Å². The third-order valence-corrected chi connectivity index (χ3v) is 8.05. The average molecular weight is 539 g/mol. The second-order valence-corrected chi connectivity index (χ2v) is 11.9. The van der Waals surface area contributed by atoms with Crippen molar-refractivity contribution in [3.05, 3.63) is 93.8 Å². The Kier molecular flexibility index (Phi) is 8.11. The van der Waals surface area contributed by atoms with Crippen LogP contribution < -0.4 is 0 Å². The molecular formula is C34H42N4O2. The first-order valence-electron chi connectivity index (χ1n) is 14.5. The molecule has 1 atom stereocenters. The number of imidazole rings is 1. The summed E-state index contributed by atoms with van der Waals surface area (Å²) in [5.74, 6) is 0.880. The van der Waals surface area contributed by atoms with Crippen LogP contribution in [0.5, 0.6) is 0 Å². The fourth-order valence-electron chi connectivity index (χ4n) is 6.10. The Morgan fingerprint density at radius 2 is 1.70 bits per heavy atom. The Morgan fingerprint density at radius 1 is 1.00 bits per heavy atom. The summed E-state index contributed by atoms with van der Waals surface area (Å²) >= 11 is 0. The van der Waals surface area contributed by atoms with Gasteiger partial charge >= 0.3 is 0 Å². The normalized spacial score (nSPS) is 16.1. The molecule has 0 bridgehead atoms. The van der Waals surface area contributed by atoms with Gasteiger partial charge in [-0.05, 0) is 102 Å². The van der Waals surface area contributed by atoms with Gasteiger partial charge in [-0.15, -0.1) is 0 Å². The number of benzene rings is 3. The van der Waals surface area contributed by atoms with E-state index in [-0.39, 0.29) is 18.1 Å². The molecule has 6 heteroatoms. The Morgan fingerprint density at radius 3 is 2.35 bits per heavy atom. The molecule has 0 spiro atoms. The molecule has 210 valence electrons. The first kappa shape index (κ1) is 28.1. The zero-order valence-electron chi connectivity index (χ0n) is 24.7. The monoisotopic (exact) mass is 538 g/mol. The van der Waals surface area contributed by atoms with Crippen LogP contribution in [0.2, 0.25) is 0 Å². The number of hydrogen-bond donors (Lipinski definition) is 1. The molecule has 1 aliphatic heterocycles. The Hall–Kier alpha value is -3.48. The minimum Gasteiger partial charge on any atom is -0.392 e. The molecule has 3 aromatic carbocycles. The number of aryl methyl sites for hydroxylation is 4. The van der Waals surface area contributed by atoms with Gasteiger partial charge in [-0.2, -0.15) is 0 Å². The molecule has 1 saturated heterocycles. The van der Waals surface area contributed by atoms with E-state index in [1.165, 1.54) is 16.7 Å². The van der Waals surface area contributed by atoms with Crippen molar-refractivity contribution in [2.24, 2.45) is 0 Å². The highest BCUT2D eigenvalue weighted by Crippen LogP contribution is 2.27. The highest BCUT2D eigenvalue weighted by atomic mass is 16.3. The fourth-order valence-corrected chi connectivity index (χ4v) is 6.10. The molecular weight excluding hydrogens is 496 g/mol. The standard InChI is InChI=1S/C34H42N4O2/c1-22(2)37(34(40)33-25(5)16-24(4)17-26(33)6)21-32-35-30-18-27(19-36-15-7-8-29(39)20-36)11-14-31(30)38(32)28-12-9-23(3)10-13-28/h9-14,16-18,22,29,39H,7-8,15,19-21H2,1-6H3. The summed E-state index contributed by atoms with van der Waals surface area (Å²) in [6.07, 6.45) is 1.66. The zero-order chi connectivity index (χ0) is 28.6. The minimum absolute atomic E-state index is 0.0000249. The molecule has 40 heavy (non-hydrogen) atoms. The van der Waals surface area contributed by atoms with E-state index in [1.54, 1.807) is 0 Å². The molecule has 5 rings (SSSR count). The highest BCUT2D eigenvalue weighted by molar-refractivity contribution is 5.97. The van der Waals surface area contributed by atoms with E-state index in [0.29, 0.717) is 13.1 Å². The lowest BCUT2D eigenvalue weighted by atomic mass is 9.98. The number of nitrogens with zero attached hydrogens (tertiary/aromatic N) is 4. The largest absolute Gasteiger partial charge is 0.392 e. The third kappa shape index (κ3) is 5.84. The predicted octanol–water partition coefficient (Wildman–Crippen LogP) is 6.27. The number of β-amino-alcohol motifs (C(OH)–C–C–N with tert-alkyl or cyclic N) is 1. The number of amides is 1. The maximum absolute atomic E-state index is 14.0. The number of likely N-dealkylation sites (tertiary alicyclic amines) is 1. The number of piperidine rings is 1. The topological polar surface area (TPSA) is 61.6 Å². The van der Waals surface area contributed by atoms with Crippen molar-refractivity contribution in [1.82, 2.24) is 19.4 Å². The van der Waals surface area contributed by atoms with Crippen LogP contribution in [0, 0.1) is 27.7 Å². The van der Waals surface area contributed by atoms with Crippen LogP contribution in [0.4, 0.5) is 0 Å². The van der Waals surface area contributed by atoms with Crippen molar-refractivity contribution in [1.29, 1.82) is 0 Å². The number of aliphatic hydroxyl groups excluding tert-OH is 1. The lowest BCUT2D eigenvalue weighted by molar-refractivity contribution is 0.0667. The smallest absolute Gasteiger partial charge is 0.255 e. The molecule has 1 N–H and O–H groups in total. The highest BCUT2D eigenvalue weighted by Gasteiger charge is 2.26. The number of carbonyl (C=O) groups excluding carboxylic acids is 1. The zero-order valence-corrected chi connectivity index (χ0v) is 24.7. The van der Waals surface area contributed by atoms with E-state index >= 15 is 0 Å². The van der Waals surface area contributed by atoms with Crippen LogP contribution in [-0.2, 0) is 13.1 Å². The molecule has 1 aliphatic rings. The van der Waals surface area contributed by atoms with Crippen molar-refractivity contribution >= 4 is 16.9 Å². The molecule has 4 aromatic rings. The Balaban J connectivity index is 1.55. The SMILES string of the molecule is Cc1ccc(-n2c(CN(C(=O)c3c(C)cc(C)cc3C)C(C)C)nc3cc(CN4CCCC(O)C4)ccc32)cc1. The molecule has 1 aromatic heterocycles. The number of carbonyl (C=O) groups is 1. The van der Waals surface area contributed by atoms with E-state index in [9.17, 15) is 9.90 Å². The van der Waals surface area contributed by atoms with Crippen LogP contribution in [0.3, 0.4) is 0 Å². The first-order chi connectivity index (χ1) is 19.1. The molecule has 0 radical (unpaired) electrons. The number of hydrogen-bond acceptors (Lipinski definition) is 4. The first-order valence-corrected chi connectivity index (χ1v) is 14.5. The fraction of sp³-hybridized carbons (Fsp3) is 0.412. The summed E-state index contributed by atoms with van der Waals surface area (Å²) in [4.78, 5) is 23.4. The summed E-state index contributed by atoms with van der Waals surface area (Å²) in [6, 6.07) is 19.1. The van der Waals surface area contributed by atoms with E-state index in [4.69, 9.17) is 4.98 Å². The minimum atomic E-state index is -0.245. The van der Waals surface area contributed by atoms with Crippen LogP contribution in [0.15, 0.2) is 54.6 Å². The van der Waals surface area contributed by atoms with Gasteiger partial charge in [-0.3, -0.25) is 14.3 Å². The van der Waals surface area contributed by atoms with Gasteiger partial charge in [0.05, 0.1) is 23.7 Å². The van der Waals surface area contributed by atoms with Crippen LogP contribution in [0.1, 0.15) is 70.7 Å². The predicted molar refractivity (Wildman–Crippen MR) is 162 cm³/mol. The summed E-state index contributed by atoms with van der Waals surface area (Å²) < 4.78 is 2.20. The average Bonchev–Trinajstić information content (AvgIpc) is 3.24. The summed E-state index contributed by atoms with van der Waals surface area (Å²) in [7, 11) is 0. The van der Waals surface area contributed by atoms with Gasteiger partial charge in [0.25, 0.3) is 5.91 Å². The third-order valence-electron chi connectivity index (χ3n) is 8.05. The van der Waals surface area contributed by atoms with E-state index in [2.05, 4.69) is 91.8 Å².